The molecule has 1 aromatic carbocycles. The molecule has 58 heteroatoms. The number of nitrogens with zero attached hydrogens (tertiary/aromatic N) is 13. The van der Waals surface area contributed by atoms with Gasteiger partial charge in [0.05, 0.1) is 37.9 Å². The number of nitrogens with one attached hydrogen (secondary N) is 10. The molecule has 44 nitrogen and oxygen atoms in total. The number of halogens is 11. The summed E-state index contributed by atoms with van der Waals surface area (Å²) in [6.07, 6.45) is 8.99. The summed E-state index contributed by atoms with van der Waals surface area (Å²) in [4.78, 5) is 132. The van der Waals surface area contributed by atoms with Gasteiger partial charge in [0.2, 0.25) is 48.2 Å². The second-order valence-corrected chi connectivity index (χ2v) is 40.8. The number of sulfonamides is 2. The fourth-order valence-electron chi connectivity index (χ4n) is 13.5. The molecule has 6 atom stereocenters. The third-order valence-electron chi connectivity index (χ3n) is 19.3. The smallest absolute Gasteiger partial charge is 0.360 e. The van der Waals surface area contributed by atoms with Crippen molar-refractivity contribution in [1.82, 2.24) is 94.4 Å². The molecule has 4 fully saturated rings. The molecule has 13 rings (SSSR count). The molecule has 846 valence electrons. The Balaban J connectivity index is -0.000000256. The number of nitrogens with two attached hydrogens (primary N) is 1. The van der Waals surface area contributed by atoms with E-state index in [1.54, 1.807) is 94.9 Å². The topological polar surface area (TPSA) is 618 Å². The number of anilines is 7. The monoisotopic (exact) mass is 2290 g/mol. The Hall–Kier alpha value is -10.8. The molecule has 0 amide bonds. The number of rotatable bonds is 23. The van der Waals surface area contributed by atoms with E-state index in [0.29, 0.717) is 36.3 Å². The number of hydrogen-bond acceptors (Lipinski definition) is 34. The Morgan fingerprint density at radius 3 is 1.19 bits per heavy atom. The number of ether oxygens (including phenoxy) is 4. The number of carboxylic acid groups (broad SMARTS) is 1. The highest BCUT2D eigenvalue weighted by Gasteiger charge is 2.46. The van der Waals surface area contributed by atoms with Crippen LogP contribution in [0.3, 0.4) is 0 Å². The highest BCUT2D eigenvalue weighted by Crippen LogP contribution is 2.61. The average molecular weight is 2290 g/mol. The molecule has 4 aliphatic rings. The van der Waals surface area contributed by atoms with Gasteiger partial charge in [-0.15, -0.1) is 0 Å². The zero-order valence-corrected chi connectivity index (χ0v) is 83.6. The lowest BCUT2D eigenvalue weighted by Crippen LogP contribution is -2.58. The summed E-state index contributed by atoms with van der Waals surface area (Å²) in [6, 6.07) is 16.3. The van der Waals surface area contributed by atoms with Crippen LogP contribution in [0.5, 0.6) is 0 Å². The van der Waals surface area contributed by atoms with Crippen LogP contribution in [0.15, 0.2) is 67.7 Å². The zero-order chi connectivity index (χ0) is 103. The molecule has 4 bridgehead atoms. The predicted octanol–water partition coefficient (Wildman–Crippen LogP) is 18.9. The van der Waals surface area contributed by atoms with Gasteiger partial charge >= 0.3 is 46.4 Å². The van der Waals surface area contributed by atoms with Gasteiger partial charge in [-0.3, -0.25) is 49.4 Å². The van der Waals surface area contributed by atoms with Crippen molar-refractivity contribution in [2.45, 2.75) is 265 Å². The molecule has 0 aliphatic carbocycles. The Morgan fingerprint density at radius 1 is 0.507 bits per heavy atom. The van der Waals surface area contributed by atoms with E-state index in [1.165, 1.54) is 24.0 Å². The van der Waals surface area contributed by atoms with Crippen molar-refractivity contribution < 1.29 is 96.5 Å². The number of nitrogen functional groups attached to an aromatic ring is 1. The summed E-state index contributed by atoms with van der Waals surface area (Å²) >= 11 is 30.3. The van der Waals surface area contributed by atoms with Gasteiger partial charge in [-0.25, -0.2) is 83.5 Å². The van der Waals surface area contributed by atoms with E-state index in [1.807, 2.05) is 34.2 Å². The molecule has 4 aliphatic heterocycles. The number of aromatic amines is 7. The number of fused-ring (bicyclic) bond motifs is 4. The minimum atomic E-state index is -3.31. The van der Waals surface area contributed by atoms with Crippen molar-refractivity contribution in [1.29, 1.82) is 0 Å². The van der Waals surface area contributed by atoms with Crippen LogP contribution >= 0.6 is 73.7 Å². The van der Waals surface area contributed by atoms with Crippen LogP contribution in [0.4, 0.5) is 62.7 Å². The van der Waals surface area contributed by atoms with Crippen molar-refractivity contribution in [2.75, 3.05) is 97.9 Å². The normalized spacial score (nSPS) is 15.0. The number of piperidine rings is 4. The summed E-state index contributed by atoms with van der Waals surface area (Å²) in [5.41, 5.74) is 1.12. The van der Waals surface area contributed by atoms with Gasteiger partial charge in [-0.1, -0.05) is 124 Å². The molecule has 0 spiro atoms. The van der Waals surface area contributed by atoms with E-state index >= 15 is 4.39 Å². The second-order valence-electron chi connectivity index (χ2n) is 28.8. The number of aromatic nitrogens is 16. The van der Waals surface area contributed by atoms with Gasteiger partial charge < -0.3 is 60.6 Å². The predicted molar refractivity (Wildman–Crippen MR) is 579 cm³/mol. The number of hydrogen-bond donors (Lipinski definition) is 13. The van der Waals surface area contributed by atoms with Crippen LogP contribution < -0.4 is 54.0 Å². The number of H-pyrrole nitrogens is 7. The molecular formula is C90H152Cl6F5N24O20PS2. The Kier molecular flexibility index (Phi) is 76.4. The first-order valence-corrected chi connectivity index (χ1v) is 50.8. The van der Waals surface area contributed by atoms with Crippen molar-refractivity contribution in [2.24, 2.45) is 0 Å². The summed E-state index contributed by atoms with van der Waals surface area (Å²) in [5.74, 6) is -10.0. The fourth-order valence-corrected chi connectivity index (χ4v) is 17.2. The quantitative estimate of drug-likeness (QED) is 0.00706. The lowest BCUT2D eigenvalue weighted by atomic mass is 9.83. The number of esters is 4. The molecule has 0 saturated carbocycles. The van der Waals surface area contributed by atoms with Crippen molar-refractivity contribution in [3.05, 3.63) is 181 Å². The van der Waals surface area contributed by atoms with E-state index in [-0.39, 0.29) is 185 Å². The maximum absolute atomic E-state index is 15.2. The highest BCUT2D eigenvalue weighted by molar-refractivity contribution is 8.24. The zero-order valence-electron chi connectivity index (χ0n) is 76.6. The second kappa shape index (κ2) is 74.1. The van der Waals surface area contributed by atoms with Crippen molar-refractivity contribution in [3.63, 3.8) is 0 Å². The van der Waals surface area contributed by atoms with Crippen LogP contribution in [0, 0.1) is 49.9 Å². The molecular weight excluding hydrogens is 2140 g/mol. The molecule has 4 saturated heterocycles. The maximum Gasteiger partial charge on any atom is 0.360 e. The van der Waals surface area contributed by atoms with Crippen LogP contribution in [-0.2, 0) is 43.6 Å². The van der Waals surface area contributed by atoms with Crippen molar-refractivity contribution in [3.8, 4) is 0 Å². The Labute approximate surface area is 893 Å². The third-order valence-corrected chi connectivity index (χ3v) is 23.8. The van der Waals surface area contributed by atoms with Crippen LogP contribution in [-0.4, -0.2) is 254 Å². The van der Waals surface area contributed by atoms with E-state index in [2.05, 4.69) is 163 Å². The van der Waals surface area contributed by atoms with Crippen LogP contribution in [0.25, 0.3) is 0 Å². The lowest BCUT2D eigenvalue weighted by Gasteiger charge is -2.49. The fraction of sp³-hybridized carbons (Fsp3) is 0.556. The SMILES string of the molecule is C.C.C.C.C.C.C.C.C.C.C.CCN(CC)c1ccccc1.CCO.CCOC(=O)c1[nH]c(=O)[nH]c(=O)c1F.CCOC(=O)c1nc(Cl)nc(Cl)c1F.CCOC(=O)c1nc(Cl)nc(Nc2cc(C)[nH]n2)c1F.CCOC(=O)c1nc(N(C)C2C[C@H]3CCC[C@@H](C2)N3S(=O)(=O)CC)nc(Nc2cc(C)[nH]n2)c1F.CCS(=O)(=O)N1[C@@H]2CCC[C@H]1CC(NC)C2.Cc1cc(N)n[nH]1.O=C(O)c1[nH]c(=O)[nH]c(=O)c1F.O=P(Cl)(Cl)Cl. The summed E-state index contributed by atoms with van der Waals surface area (Å²) < 4.78 is 149. The first kappa shape index (κ1) is 152. The van der Waals surface area contributed by atoms with Gasteiger partial charge in [0, 0.05) is 104 Å². The number of aryl methyl sites for hydroxylation is 3. The molecule has 9 aromatic rings. The largest absolute Gasteiger partial charge is 0.476 e. The number of aliphatic hydroxyl groups is 1. The van der Waals surface area contributed by atoms with Gasteiger partial charge in [0.15, 0.2) is 74.3 Å². The van der Waals surface area contributed by atoms with Gasteiger partial charge in [-0.05, 0) is 211 Å². The molecule has 12 heterocycles. The molecule has 0 radical (unpaired) electrons. The Bertz CT molecular complexity index is 5970. The minimum Gasteiger partial charge on any atom is -0.476 e. The van der Waals surface area contributed by atoms with Gasteiger partial charge in [0.25, 0.3) is 11.1 Å². The molecule has 8 aromatic heterocycles. The lowest BCUT2D eigenvalue weighted by molar-refractivity contribution is 0.0503. The van der Waals surface area contributed by atoms with Gasteiger partial charge in [-0.2, -0.15) is 42.7 Å². The highest BCUT2D eigenvalue weighted by atomic mass is 36.0. The average Bonchev–Trinajstić information content (AvgIpc) is 0.905. The molecule has 2 unspecified atom stereocenters. The van der Waals surface area contributed by atoms with E-state index in [9.17, 15) is 82.1 Å². The van der Waals surface area contributed by atoms with Crippen LogP contribution in [0.1, 0.15) is 278 Å². The number of carboxylic acids is 1. The van der Waals surface area contributed by atoms with Crippen molar-refractivity contribution >= 4 is 164 Å². The number of benzene rings is 1. The number of carbonyl (C=O) groups is 5. The maximum atomic E-state index is 15.2. The standard InChI is InChI=1S/C22H32FN7O4S.C11H11ClFN5O2.C11H22N2O2S.C10H15N.C7H5Cl2FN2O2.C7H7FN2O4.C5H3FN2O4.C4H7N3.C2H6O.11CH4.Cl3OP/c1-5-34-21(31)19-18(23)20(24-17-10-13(3)27-28-17)26-22(25-19)29(4)16-11-14-8-7-9-15(12-16)30(14)35(32,33)6-2;1-3-20-10(19)8-7(13)9(16-11(12)15-8)14-6-4-5(2)17-18-6;1-3-16(14,15)13-10-5-4-6-11(13)8-9(7-10)12-2;1-3-11(4-2)10-8-6-5-7-9-10;1-2-14-6(13)4-3(10)5(8)12-7(9)11-4;1-2-14-6(12)4-3(8)5(11)10-7(13)9-4;6-1-2(4(10)11)7-5(12)8-3(1)9;1-3-2-4(5)7-6-3;1-2-3;;;;;;;;;;;;1-5(2,3)4/h10,14-16H,5-9,11-12H2,1-4H3,(H2,24,25,26,27,28);4H,3H2,1-2H3,(H2,14,15,16,17,18);9-12H,3-8H2,1-2H3;5-9H,3-4H2,1-2H3;2H2,1H3;2H2,1H3,(H2,9,10,11,13);(H,10,11)(H2,7,8,9,12);2H,1H3,(H3,5,6,7);3H,2H2,1H3;11*1H4;/t14-,15+,16?;;9?,10-,11+;;;;;;;;;;;;;;;;;;. The van der Waals surface area contributed by atoms with E-state index in [4.69, 9.17) is 60.2 Å². The van der Waals surface area contributed by atoms with E-state index in [0.717, 1.165) is 75.1 Å². The Morgan fingerprint density at radius 2 is 0.851 bits per heavy atom. The van der Waals surface area contributed by atoms with Gasteiger partial charge in [0.1, 0.15) is 5.82 Å². The first-order chi connectivity index (χ1) is 64.4. The minimum absolute atomic E-state index is 0. The summed E-state index contributed by atoms with van der Waals surface area (Å²) in [5, 5.41) is 40.0. The number of aromatic carboxylic acids is 1. The number of aliphatic hydroxyl groups excluding tert-OH is 1. The third kappa shape index (κ3) is 48.4. The molecule has 148 heavy (non-hydrogen) atoms. The summed E-state index contributed by atoms with van der Waals surface area (Å²) in [6.45, 7) is 24.0. The first-order valence-electron chi connectivity index (χ1n) is 42.0. The summed E-state index contributed by atoms with van der Waals surface area (Å²) in [7, 11) is -2.55. The number of carbonyl (C=O) groups excluding carboxylic acids is 4. The molecule has 14 N–H and O–H groups in total. The van der Waals surface area contributed by atoms with Crippen LogP contribution in [0.2, 0.25) is 15.7 Å². The van der Waals surface area contributed by atoms with E-state index < -0.39 is 140 Å². The number of para-hydroxylation sites is 1.